The van der Waals surface area contributed by atoms with Gasteiger partial charge >= 0.3 is 12.1 Å². The molecule has 23 heavy (non-hydrogen) atoms. The third-order valence-electron chi connectivity index (χ3n) is 2.42. The van der Waals surface area contributed by atoms with Crippen LogP contribution in [0.3, 0.4) is 0 Å². The molecule has 0 radical (unpaired) electrons. The number of carbonyl (C=O) groups excluding carboxylic acids is 2. The van der Waals surface area contributed by atoms with Crippen LogP contribution in [0.1, 0.15) is 32.9 Å². The van der Waals surface area contributed by atoms with E-state index in [0.29, 0.717) is 5.69 Å². The number of nitrogens with one attached hydrogen (secondary N) is 1. The SMILES string of the molecule is COC(=O)[C@@H](CC#Cc1nccnc1N)NC(=O)OC(C)(C)C. The van der Waals surface area contributed by atoms with Gasteiger partial charge in [0.15, 0.2) is 11.5 Å². The molecule has 1 aromatic heterocycles. The van der Waals surface area contributed by atoms with Crippen LogP contribution in [0.5, 0.6) is 0 Å². The zero-order valence-electron chi connectivity index (χ0n) is 13.5. The van der Waals surface area contributed by atoms with Crippen LogP contribution in [0.2, 0.25) is 0 Å². The maximum Gasteiger partial charge on any atom is 0.408 e. The van der Waals surface area contributed by atoms with Gasteiger partial charge in [-0.15, -0.1) is 0 Å². The number of hydrogen-bond donors (Lipinski definition) is 2. The lowest BCUT2D eigenvalue weighted by molar-refractivity contribution is -0.143. The Kier molecular flexibility index (Phi) is 6.33. The number of nitrogens with two attached hydrogens (primary N) is 1. The molecule has 0 saturated carbocycles. The summed E-state index contributed by atoms with van der Waals surface area (Å²) in [6.45, 7) is 5.16. The van der Waals surface area contributed by atoms with Gasteiger partial charge in [-0.05, 0) is 26.7 Å². The smallest absolute Gasteiger partial charge is 0.408 e. The highest BCUT2D eigenvalue weighted by Gasteiger charge is 2.24. The lowest BCUT2D eigenvalue weighted by atomic mass is 10.2. The van der Waals surface area contributed by atoms with Crippen LogP contribution >= 0.6 is 0 Å². The predicted molar refractivity (Wildman–Crippen MR) is 83.1 cm³/mol. The van der Waals surface area contributed by atoms with Gasteiger partial charge in [-0.2, -0.15) is 0 Å². The van der Waals surface area contributed by atoms with Crippen molar-refractivity contribution in [2.75, 3.05) is 12.8 Å². The molecule has 0 aliphatic heterocycles. The minimum atomic E-state index is -0.958. The largest absolute Gasteiger partial charge is 0.467 e. The number of nitrogens with zero attached hydrogens (tertiary/aromatic N) is 2. The predicted octanol–water partition coefficient (Wildman–Crippen LogP) is 0.867. The molecule has 0 unspecified atom stereocenters. The number of esters is 1. The van der Waals surface area contributed by atoms with Gasteiger partial charge < -0.3 is 20.5 Å². The molecule has 0 spiro atoms. The normalized spacial score (nSPS) is 11.7. The summed E-state index contributed by atoms with van der Waals surface area (Å²) in [7, 11) is 1.22. The molecule has 1 amide bonds. The molecule has 0 aromatic carbocycles. The number of ether oxygens (including phenoxy) is 2. The topological polar surface area (TPSA) is 116 Å². The number of rotatable bonds is 3. The van der Waals surface area contributed by atoms with E-state index in [-0.39, 0.29) is 12.2 Å². The zero-order valence-corrected chi connectivity index (χ0v) is 13.5. The summed E-state index contributed by atoms with van der Waals surface area (Å²) in [5.74, 6) is 4.98. The third kappa shape index (κ3) is 6.65. The summed E-state index contributed by atoms with van der Waals surface area (Å²) >= 11 is 0. The Morgan fingerprint density at radius 1 is 1.35 bits per heavy atom. The highest BCUT2D eigenvalue weighted by Crippen LogP contribution is 2.07. The van der Waals surface area contributed by atoms with Gasteiger partial charge in [-0.25, -0.2) is 19.6 Å². The molecular weight excluding hydrogens is 300 g/mol. The fourth-order valence-corrected chi connectivity index (χ4v) is 1.47. The van der Waals surface area contributed by atoms with Crippen LogP contribution in [0.4, 0.5) is 10.6 Å². The minimum Gasteiger partial charge on any atom is -0.467 e. The van der Waals surface area contributed by atoms with Gasteiger partial charge in [0.2, 0.25) is 0 Å². The van der Waals surface area contributed by atoms with Gasteiger partial charge in [0.1, 0.15) is 11.6 Å². The molecule has 1 aromatic rings. The van der Waals surface area contributed by atoms with E-state index in [1.165, 1.54) is 19.5 Å². The number of carbonyl (C=O) groups is 2. The van der Waals surface area contributed by atoms with Gasteiger partial charge in [0.25, 0.3) is 0 Å². The van der Waals surface area contributed by atoms with Crippen molar-refractivity contribution in [3.63, 3.8) is 0 Å². The Labute approximate surface area is 134 Å². The summed E-state index contributed by atoms with van der Waals surface area (Å²) < 4.78 is 9.74. The second kappa shape index (κ2) is 7.98. The van der Waals surface area contributed by atoms with E-state index in [4.69, 9.17) is 10.5 Å². The second-order valence-electron chi connectivity index (χ2n) is 5.52. The Bertz CT molecular complexity index is 628. The van der Waals surface area contributed by atoms with Crippen molar-refractivity contribution in [2.24, 2.45) is 0 Å². The van der Waals surface area contributed by atoms with E-state index in [9.17, 15) is 9.59 Å². The average molecular weight is 320 g/mol. The summed E-state index contributed by atoms with van der Waals surface area (Å²) in [6, 6.07) is -0.958. The number of hydrogen-bond acceptors (Lipinski definition) is 7. The Hall–Kier alpha value is -2.82. The van der Waals surface area contributed by atoms with Crippen LogP contribution in [-0.4, -0.2) is 40.8 Å². The molecule has 0 saturated heterocycles. The first-order chi connectivity index (χ1) is 10.7. The molecule has 3 N–H and O–H groups in total. The minimum absolute atomic E-state index is 0.0158. The maximum atomic E-state index is 11.7. The Balaban J connectivity index is 2.75. The summed E-state index contributed by atoms with van der Waals surface area (Å²) in [5.41, 5.74) is 5.24. The van der Waals surface area contributed by atoms with Crippen LogP contribution in [-0.2, 0) is 14.3 Å². The maximum absolute atomic E-state index is 11.7. The van der Waals surface area contributed by atoms with Gasteiger partial charge in [-0.3, -0.25) is 0 Å². The van der Waals surface area contributed by atoms with Crippen molar-refractivity contribution in [3.8, 4) is 11.8 Å². The number of amides is 1. The van der Waals surface area contributed by atoms with Crippen molar-refractivity contribution >= 4 is 17.9 Å². The molecule has 0 aliphatic carbocycles. The fraction of sp³-hybridized carbons (Fsp3) is 0.467. The molecule has 124 valence electrons. The van der Waals surface area contributed by atoms with Crippen molar-refractivity contribution in [1.82, 2.24) is 15.3 Å². The average Bonchev–Trinajstić information content (AvgIpc) is 2.45. The van der Waals surface area contributed by atoms with Crippen molar-refractivity contribution in [1.29, 1.82) is 0 Å². The molecule has 0 aliphatic rings. The first-order valence-corrected chi connectivity index (χ1v) is 6.85. The summed E-state index contributed by atoms with van der Waals surface area (Å²) in [5, 5.41) is 2.42. The zero-order chi connectivity index (χ0) is 17.5. The molecule has 8 nitrogen and oxygen atoms in total. The first kappa shape index (κ1) is 18.2. The highest BCUT2D eigenvalue weighted by molar-refractivity contribution is 5.81. The number of nitrogen functional groups attached to an aromatic ring is 1. The van der Waals surface area contributed by atoms with Crippen LogP contribution < -0.4 is 11.1 Å². The summed E-state index contributed by atoms with van der Waals surface area (Å²) in [4.78, 5) is 31.3. The quantitative estimate of drug-likeness (QED) is 0.627. The molecular formula is C15H20N4O4. The summed E-state index contributed by atoms with van der Waals surface area (Å²) in [6.07, 6.45) is 2.19. The monoisotopic (exact) mass is 320 g/mol. The van der Waals surface area contributed by atoms with Crippen molar-refractivity contribution in [2.45, 2.75) is 38.8 Å². The van der Waals surface area contributed by atoms with Gasteiger partial charge in [-0.1, -0.05) is 5.92 Å². The standard InChI is InChI=1S/C15H20N4O4/c1-15(2,3)23-14(21)19-11(13(20)22-4)7-5-6-10-12(16)18-9-8-17-10/h8-9,11H,7H2,1-4H3,(H2,16,18)(H,19,21)/t11-/m1/s1. The number of anilines is 1. The van der Waals surface area contributed by atoms with E-state index >= 15 is 0 Å². The fourth-order valence-electron chi connectivity index (χ4n) is 1.47. The van der Waals surface area contributed by atoms with Crippen molar-refractivity contribution < 1.29 is 19.1 Å². The molecule has 0 fully saturated rings. The molecule has 0 bridgehead atoms. The van der Waals surface area contributed by atoms with Gasteiger partial charge in [0.05, 0.1) is 7.11 Å². The molecule has 8 heteroatoms. The highest BCUT2D eigenvalue weighted by atomic mass is 16.6. The number of alkyl carbamates (subject to hydrolysis) is 1. The van der Waals surface area contributed by atoms with Crippen LogP contribution in [0.25, 0.3) is 0 Å². The molecule has 1 heterocycles. The van der Waals surface area contributed by atoms with E-state index in [1.54, 1.807) is 20.8 Å². The number of methoxy groups -OCH3 is 1. The Morgan fingerprint density at radius 3 is 2.57 bits per heavy atom. The van der Waals surface area contributed by atoms with Gasteiger partial charge in [0, 0.05) is 18.8 Å². The third-order valence-corrected chi connectivity index (χ3v) is 2.42. The number of aromatic nitrogens is 2. The first-order valence-electron chi connectivity index (χ1n) is 6.85. The van der Waals surface area contributed by atoms with E-state index < -0.39 is 23.7 Å². The van der Waals surface area contributed by atoms with E-state index in [2.05, 4.69) is 31.9 Å². The van der Waals surface area contributed by atoms with Crippen molar-refractivity contribution in [3.05, 3.63) is 18.1 Å². The lowest BCUT2D eigenvalue weighted by Gasteiger charge is -2.21. The lowest BCUT2D eigenvalue weighted by Crippen LogP contribution is -2.43. The van der Waals surface area contributed by atoms with E-state index in [1.807, 2.05) is 0 Å². The molecule has 1 rings (SSSR count). The molecule has 1 atom stereocenters. The van der Waals surface area contributed by atoms with Crippen LogP contribution in [0, 0.1) is 11.8 Å². The van der Waals surface area contributed by atoms with E-state index in [0.717, 1.165) is 0 Å². The Morgan fingerprint density at radius 2 is 2.00 bits per heavy atom. The second-order valence-corrected chi connectivity index (χ2v) is 5.52. The van der Waals surface area contributed by atoms with Crippen LogP contribution in [0.15, 0.2) is 12.4 Å².